The Balaban J connectivity index is 2.37. The van der Waals surface area contributed by atoms with E-state index in [1.807, 2.05) is 0 Å². The van der Waals surface area contributed by atoms with E-state index in [9.17, 15) is 18.0 Å². The Labute approximate surface area is 143 Å². The smallest absolute Gasteiger partial charge is 0.338 e. The normalized spacial score (nSPS) is 10.8. The van der Waals surface area contributed by atoms with Crippen molar-refractivity contribution in [2.45, 2.75) is 4.90 Å². The van der Waals surface area contributed by atoms with Gasteiger partial charge in [-0.05, 0) is 42.5 Å². The first kappa shape index (κ1) is 18.4. The largest absolute Gasteiger partial charge is 0.465 e. The van der Waals surface area contributed by atoms with E-state index in [2.05, 4.69) is 9.47 Å². The van der Waals surface area contributed by atoms with E-state index in [4.69, 9.17) is 9.29 Å². The lowest BCUT2D eigenvalue weighted by Crippen LogP contribution is -2.07. The van der Waals surface area contributed by atoms with Crippen LogP contribution < -0.4 is 4.74 Å². The summed E-state index contributed by atoms with van der Waals surface area (Å²) in [5.41, 5.74) is 0.157. The summed E-state index contributed by atoms with van der Waals surface area (Å²) >= 11 is 0. The maximum Gasteiger partial charge on any atom is 0.338 e. The van der Waals surface area contributed by atoms with Crippen molar-refractivity contribution in [3.05, 3.63) is 53.6 Å². The van der Waals surface area contributed by atoms with E-state index in [1.165, 1.54) is 44.6 Å². The molecule has 0 aliphatic rings. The van der Waals surface area contributed by atoms with Crippen molar-refractivity contribution >= 4 is 22.1 Å². The van der Waals surface area contributed by atoms with Gasteiger partial charge in [0.15, 0.2) is 0 Å². The van der Waals surface area contributed by atoms with Crippen LogP contribution in [0.25, 0.3) is 0 Å². The summed E-state index contributed by atoms with van der Waals surface area (Å²) in [6.45, 7) is 0. The second-order valence-electron chi connectivity index (χ2n) is 4.78. The molecule has 2 aromatic carbocycles. The zero-order valence-electron chi connectivity index (χ0n) is 13.3. The van der Waals surface area contributed by atoms with Crippen molar-refractivity contribution in [3.63, 3.8) is 0 Å². The van der Waals surface area contributed by atoms with Crippen LogP contribution in [-0.2, 0) is 19.6 Å². The van der Waals surface area contributed by atoms with Crippen LogP contribution in [0.2, 0.25) is 0 Å². The SMILES string of the molecule is COC(=O)c1cc(Oc2ccc(S(=O)(=O)O)cc2)cc(C(=O)OC)c1. The van der Waals surface area contributed by atoms with Gasteiger partial charge in [0.1, 0.15) is 11.5 Å². The van der Waals surface area contributed by atoms with Gasteiger partial charge >= 0.3 is 11.9 Å². The van der Waals surface area contributed by atoms with E-state index in [-0.39, 0.29) is 27.5 Å². The number of hydrogen-bond donors (Lipinski definition) is 1. The molecular formula is C16H14O8S. The van der Waals surface area contributed by atoms with Gasteiger partial charge in [0.25, 0.3) is 10.1 Å². The average molecular weight is 366 g/mol. The number of rotatable bonds is 5. The van der Waals surface area contributed by atoms with Gasteiger partial charge in [-0.3, -0.25) is 4.55 Å². The van der Waals surface area contributed by atoms with Crippen molar-refractivity contribution in [3.8, 4) is 11.5 Å². The molecular weight excluding hydrogens is 352 g/mol. The molecule has 25 heavy (non-hydrogen) atoms. The Kier molecular flexibility index (Phi) is 5.40. The van der Waals surface area contributed by atoms with Crippen molar-refractivity contribution < 1.29 is 36.8 Å². The van der Waals surface area contributed by atoms with Crippen molar-refractivity contribution in [2.24, 2.45) is 0 Å². The molecule has 0 radical (unpaired) electrons. The predicted molar refractivity (Wildman–Crippen MR) is 85.5 cm³/mol. The van der Waals surface area contributed by atoms with Crippen LogP contribution in [-0.4, -0.2) is 39.1 Å². The molecule has 0 aliphatic carbocycles. The third kappa shape index (κ3) is 4.55. The van der Waals surface area contributed by atoms with E-state index in [1.54, 1.807) is 0 Å². The molecule has 0 saturated heterocycles. The van der Waals surface area contributed by atoms with Crippen LogP contribution in [0.5, 0.6) is 11.5 Å². The fourth-order valence-electron chi connectivity index (χ4n) is 1.95. The Morgan fingerprint density at radius 2 is 1.32 bits per heavy atom. The first-order valence-electron chi connectivity index (χ1n) is 6.81. The maximum atomic E-state index is 11.7. The topological polar surface area (TPSA) is 116 Å². The second kappa shape index (κ2) is 7.32. The number of hydrogen-bond acceptors (Lipinski definition) is 7. The van der Waals surface area contributed by atoms with Crippen LogP contribution in [0.4, 0.5) is 0 Å². The van der Waals surface area contributed by atoms with Crippen molar-refractivity contribution in [1.29, 1.82) is 0 Å². The lowest BCUT2D eigenvalue weighted by atomic mass is 10.1. The molecule has 0 bridgehead atoms. The first-order valence-corrected chi connectivity index (χ1v) is 8.25. The molecule has 0 saturated carbocycles. The quantitative estimate of drug-likeness (QED) is 0.633. The maximum absolute atomic E-state index is 11.7. The van der Waals surface area contributed by atoms with Gasteiger partial charge in [-0.25, -0.2) is 9.59 Å². The summed E-state index contributed by atoms with van der Waals surface area (Å²) in [7, 11) is -1.92. The van der Waals surface area contributed by atoms with Crippen LogP contribution in [0.1, 0.15) is 20.7 Å². The molecule has 0 aromatic heterocycles. The van der Waals surface area contributed by atoms with Crippen LogP contribution in [0, 0.1) is 0 Å². The Morgan fingerprint density at radius 3 is 1.72 bits per heavy atom. The highest BCUT2D eigenvalue weighted by atomic mass is 32.2. The molecule has 0 unspecified atom stereocenters. The minimum atomic E-state index is -4.31. The molecule has 0 amide bonds. The number of ether oxygens (including phenoxy) is 3. The summed E-state index contributed by atoms with van der Waals surface area (Å²) < 4.78 is 45.8. The standard InChI is InChI=1S/C16H14O8S/c1-22-15(17)10-7-11(16(18)23-2)9-13(8-10)24-12-3-5-14(6-4-12)25(19,20)21/h3-9H,1-2H3,(H,19,20,21). The van der Waals surface area contributed by atoms with Gasteiger partial charge in [0, 0.05) is 0 Å². The summed E-state index contributed by atoms with van der Waals surface area (Å²) in [4.78, 5) is 23.1. The van der Waals surface area contributed by atoms with E-state index < -0.39 is 22.1 Å². The zero-order chi connectivity index (χ0) is 18.6. The van der Waals surface area contributed by atoms with E-state index >= 15 is 0 Å². The molecule has 9 heteroatoms. The highest BCUT2D eigenvalue weighted by Gasteiger charge is 2.15. The molecule has 8 nitrogen and oxygen atoms in total. The summed E-state index contributed by atoms with van der Waals surface area (Å²) in [6.07, 6.45) is 0. The Bertz CT molecular complexity index is 866. The molecule has 0 aliphatic heterocycles. The highest BCUT2D eigenvalue weighted by molar-refractivity contribution is 7.85. The van der Waals surface area contributed by atoms with Gasteiger partial charge in [0.2, 0.25) is 0 Å². The van der Waals surface area contributed by atoms with Crippen LogP contribution >= 0.6 is 0 Å². The minimum absolute atomic E-state index is 0.0787. The fraction of sp³-hybridized carbons (Fsp3) is 0.125. The third-order valence-electron chi connectivity index (χ3n) is 3.11. The highest BCUT2D eigenvalue weighted by Crippen LogP contribution is 2.26. The van der Waals surface area contributed by atoms with Gasteiger partial charge in [-0.1, -0.05) is 0 Å². The number of methoxy groups -OCH3 is 2. The molecule has 0 heterocycles. The predicted octanol–water partition coefficient (Wildman–Crippen LogP) is 2.30. The zero-order valence-corrected chi connectivity index (χ0v) is 14.1. The molecule has 132 valence electrons. The number of carbonyl (C=O) groups is 2. The summed E-state index contributed by atoms with van der Waals surface area (Å²) in [5, 5.41) is 0. The van der Waals surface area contributed by atoms with Crippen molar-refractivity contribution in [1.82, 2.24) is 0 Å². The lowest BCUT2D eigenvalue weighted by Gasteiger charge is -2.10. The summed E-state index contributed by atoms with van der Waals surface area (Å²) in [6, 6.07) is 8.93. The average Bonchev–Trinajstić information content (AvgIpc) is 2.59. The lowest BCUT2D eigenvalue weighted by molar-refractivity contribution is 0.0598. The van der Waals surface area contributed by atoms with E-state index in [0.29, 0.717) is 0 Å². The Morgan fingerprint density at radius 1 is 0.840 bits per heavy atom. The monoisotopic (exact) mass is 366 g/mol. The number of carbonyl (C=O) groups excluding carboxylic acids is 2. The molecule has 0 atom stereocenters. The number of benzene rings is 2. The van der Waals surface area contributed by atoms with E-state index in [0.717, 1.165) is 12.1 Å². The van der Waals surface area contributed by atoms with Gasteiger partial charge < -0.3 is 14.2 Å². The summed E-state index contributed by atoms with van der Waals surface area (Å²) in [5.74, 6) is -0.970. The van der Waals surface area contributed by atoms with Gasteiger partial charge in [-0.15, -0.1) is 0 Å². The number of esters is 2. The first-order chi connectivity index (χ1) is 11.7. The molecule has 1 N–H and O–H groups in total. The molecule has 2 aromatic rings. The fourth-order valence-corrected chi connectivity index (χ4v) is 2.43. The van der Waals surface area contributed by atoms with Crippen molar-refractivity contribution in [2.75, 3.05) is 14.2 Å². The molecule has 2 rings (SSSR count). The molecule has 0 fully saturated rings. The second-order valence-corrected chi connectivity index (χ2v) is 6.20. The van der Waals surface area contributed by atoms with Crippen LogP contribution in [0.3, 0.4) is 0 Å². The van der Waals surface area contributed by atoms with Gasteiger partial charge in [0.05, 0.1) is 30.2 Å². The Hall–Kier alpha value is -2.91. The third-order valence-corrected chi connectivity index (χ3v) is 3.97. The minimum Gasteiger partial charge on any atom is -0.465 e. The molecule has 0 spiro atoms. The van der Waals surface area contributed by atoms with Gasteiger partial charge in [-0.2, -0.15) is 8.42 Å². The van der Waals surface area contributed by atoms with Crippen LogP contribution in [0.15, 0.2) is 47.4 Å².